The molecule has 212 valence electrons. The molecule has 5 nitrogen and oxygen atoms in total. The largest absolute Gasteiger partial charge is 0.505 e. The van der Waals surface area contributed by atoms with Crippen molar-refractivity contribution < 1.29 is 9.84 Å². The number of benzene rings is 4. The van der Waals surface area contributed by atoms with Gasteiger partial charge in [0.15, 0.2) is 0 Å². The predicted octanol–water partition coefficient (Wildman–Crippen LogP) is 8.99. The topological polar surface area (TPSA) is 60.2 Å². The smallest absolute Gasteiger partial charge is 0.147 e. The van der Waals surface area contributed by atoms with Crippen molar-refractivity contribution in [3.8, 4) is 28.3 Å². The molecule has 0 amide bonds. The van der Waals surface area contributed by atoms with Gasteiger partial charge in [0.2, 0.25) is 0 Å². The standard InChI is InChI=1S/C36H41N3O2/c1-7-8-12-21-35(2,3)28-23-30(36(4,5)27-13-10-9-11-14-27)34(40)33(24-28)39-37-31-20-17-26(22-32(31)38-39)25-15-18-29(41-6)19-16-25/h9-11,13-20,22-24,40H,7-8,12,21H2,1-6H3. The monoisotopic (exact) mass is 547 g/mol. The van der Waals surface area contributed by atoms with E-state index < -0.39 is 5.41 Å². The van der Waals surface area contributed by atoms with Crippen LogP contribution < -0.4 is 4.74 Å². The summed E-state index contributed by atoms with van der Waals surface area (Å²) < 4.78 is 5.31. The van der Waals surface area contributed by atoms with Crippen molar-refractivity contribution in [3.63, 3.8) is 0 Å². The van der Waals surface area contributed by atoms with E-state index in [0.29, 0.717) is 5.69 Å². The van der Waals surface area contributed by atoms with Gasteiger partial charge in [0, 0.05) is 11.0 Å². The predicted molar refractivity (Wildman–Crippen MR) is 168 cm³/mol. The van der Waals surface area contributed by atoms with Gasteiger partial charge in [0.05, 0.1) is 7.11 Å². The fourth-order valence-corrected chi connectivity index (χ4v) is 5.60. The van der Waals surface area contributed by atoms with Crippen LogP contribution in [0.5, 0.6) is 11.5 Å². The van der Waals surface area contributed by atoms with Crippen LogP contribution in [0.2, 0.25) is 0 Å². The summed E-state index contributed by atoms with van der Waals surface area (Å²) in [5.74, 6) is 1.03. The Morgan fingerprint density at radius 2 is 1.44 bits per heavy atom. The molecule has 5 heteroatoms. The zero-order valence-corrected chi connectivity index (χ0v) is 25.1. The second-order valence-corrected chi connectivity index (χ2v) is 12.1. The highest BCUT2D eigenvalue weighted by molar-refractivity contribution is 5.81. The third-order valence-corrected chi connectivity index (χ3v) is 8.46. The minimum absolute atomic E-state index is 0.0761. The Hall–Kier alpha value is -4.12. The van der Waals surface area contributed by atoms with E-state index in [1.807, 2.05) is 42.5 Å². The fraction of sp³-hybridized carbons (Fsp3) is 0.333. The van der Waals surface area contributed by atoms with Crippen molar-refractivity contribution in [1.29, 1.82) is 0 Å². The number of fused-ring (bicyclic) bond motifs is 1. The number of rotatable bonds is 10. The van der Waals surface area contributed by atoms with E-state index in [1.54, 1.807) is 11.9 Å². The minimum Gasteiger partial charge on any atom is -0.505 e. The van der Waals surface area contributed by atoms with Gasteiger partial charge in [0.1, 0.15) is 28.2 Å². The maximum absolute atomic E-state index is 11.8. The summed E-state index contributed by atoms with van der Waals surface area (Å²) in [5.41, 5.74) is 6.97. The lowest BCUT2D eigenvalue weighted by atomic mass is 9.73. The van der Waals surface area contributed by atoms with Gasteiger partial charge in [-0.05, 0) is 64.4 Å². The summed E-state index contributed by atoms with van der Waals surface area (Å²) in [6.07, 6.45) is 4.62. The molecule has 0 fully saturated rings. The summed E-state index contributed by atoms with van der Waals surface area (Å²) in [5, 5.41) is 21.5. The first-order chi connectivity index (χ1) is 19.6. The van der Waals surface area contributed by atoms with Gasteiger partial charge >= 0.3 is 0 Å². The first-order valence-electron chi connectivity index (χ1n) is 14.6. The van der Waals surface area contributed by atoms with Gasteiger partial charge in [-0.2, -0.15) is 0 Å². The molecule has 0 aliphatic rings. The Morgan fingerprint density at radius 3 is 2.12 bits per heavy atom. The number of nitrogens with zero attached hydrogens (tertiary/aromatic N) is 3. The number of hydrogen-bond donors (Lipinski definition) is 1. The van der Waals surface area contributed by atoms with E-state index in [1.165, 1.54) is 18.4 Å². The zero-order valence-electron chi connectivity index (χ0n) is 25.1. The summed E-state index contributed by atoms with van der Waals surface area (Å²) in [6.45, 7) is 11.2. The number of hydrogen-bond acceptors (Lipinski definition) is 4. The van der Waals surface area contributed by atoms with Gasteiger partial charge in [-0.25, -0.2) is 0 Å². The van der Waals surface area contributed by atoms with Crippen LogP contribution >= 0.6 is 0 Å². The number of ether oxygens (including phenoxy) is 1. The Labute approximate surface area is 243 Å². The summed E-state index contributed by atoms with van der Waals surface area (Å²) in [6, 6.07) is 28.7. The minimum atomic E-state index is -0.427. The number of aromatic hydroxyl groups is 1. The second-order valence-electron chi connectivity index (χ2n) is 12.1. The zero-order chi connectivity index (χ0) is 29.2. The lowest BCUT2D eigenvalue weighted by Gasteiger charge is -2.32. The molecule has 0 atom stereocenters. The molecule has 1 aromatic heterocycles. The Balaban J connectivity index is 1.63. The maximum atomic E-state index is 11.8. The van der Waals surface area contributed by atoms with Crippen molar-refractivity contribution in [2.24, 2.45) is 0 Å². The van der Waals surface area contributed by atoms with Gasteiger partial charge in [-0.15, -0.1) is 15.0 Å². The lowest BCUT2D eigenvalue weighted by molar-refractivity contribution is 0.415. The molecular formula is C36H41N3O2. The molecule has 5 aromatic rings. The molecule has 4 aromatic carbocycles. The van der Waals surface area contributed by atoms with Crippen LogP contribution in [0.15, 0.2) is 84.9 Å². The normalized spacial score (nSPS) is 12.1. The highest BCUT2D eigenvalue weighted by Gasteiger charge is 2.32. The second kappa shape index (κ2) is 11.4. The molecule has 0 aliphatic carbocycles. The van der Waals surface area contributed by atoms with Crippen LogP contribution in [-0.2, 0) is 10.8 Å². The fourth-order valence-electron chi connectivity index (χ4n) is 5.60. The maximum Gasteiger partial charge on any atom is 0.147 e. The molecule has 0 radical (unpaired) electrons. The number of unbranched alkanes of at least 4 members (excludes halogenated alkanes) is 2. The first-order valence-corrected chi connectivity index (χ1v) is 14.6. The third kappa shape index (κ3) is 5.72. The molecule has 0 spiro atoms. The van der Waals surface area contributed by atoms with Crippen molar-refractivity contribution >= 4 is 11.0 Å². The van der Waals surface area contributed by atoms with E-state index >= 15 is 0 Å². The van der Waals surface area contributed by atoms with Crippen LogP contribution in [0.3, 0.4) is 0 Å². The highest BCUT2D eigenvalue weighted by Crippen LogP contribution is 2.43. The van der Waals surface area contributed by atoms with Crippen molar-refractivity contribution in [3.05, 3.63) is 102 Å². The van der Waals surface area contributed by atoms with Gasteiger partial charge in [0.25, 0.3) is 0 Å². The van der Waals surface area contributed by atoms with Crippen LogP contribution in [0.1, 0.15) is 77.0 Å². The highest BCUT2D eigenvalue weighted by atomic mass is 16.5. The molecule has 0 saturated carbocycles. The van der Waals surface area contributed by atoms with Crippen LogP contribution in [0.25, 0.3) is 27.8 Å². The van der Waals surface area contributed by atoms with Gasteiger partial charge in [-0.1, -0.05) is 108 Å². The Morgan fingerprint density at radius 1 is 0.756 bits per heavy atom. The lowest BCUT2D eigenvalue weighted by Crippen LogP contribution is -2.23. The molecule has 41 heavy (non-hydrogen) atoms. The number of aromatic nitrogens is 3. The third-order valence-electron chi connectivity index (χ3n) is 8.46. The number of methoxy groups -OCH3 is 1. The van der Waals surface area contributed by atoms with E-state index in [9.17, 15) is 5.11 Å². The van der Waals surface area contributed by atoms with Gasteiger partial charge < -0.3 is 9.84 Å². The molecule has 1 heterocycles. The SMILES string of the molecule is CCCCCC(C)(C)c1cc(-n2nc3ccc(-c4ccc(OC)cc4)cc3n2)c(O)c(C(C)(C)c2ccccc2)c1. The quantitative estimate of drug-likeness (QED) is 0.177. The first kappa shape index (κ1) is 28.4. The van der Waals surface area contributed by atoms with E-state index in [0.717, 1.165) is 51.9 Å². The molecule has 0 unspecified atom stereocenters. The number of phenolic OH excluding ortho intramolecular Hbond substituents is 1. The van der Waals surface area contributed by atoms with Crippen molar-refractivity contribution in [2.45, 2.75) is 71.1 Å². The van der Waals surface area contributed by atoms with Crippen LogP contribution in [0, 0.1) is 0 Å². The summed E-state index contributed by atoms with van der Waals surface area (Å²) >= 11 is 0. The van der Waals surface area contributed by atoms with E-state index in [4.69, 9.17) is 14.9 Å². The molecule has 0 saturated heterocycles. The van der Waals surface area contributed by atoms with Crippen LogP contribution in [-0.4, -0.2) is 27.2 Å². The summed E-state index contributed by atoms with van der Waals surface area (Å²) in [4.78, 5) is 1.61. The molecule has 5 rings (SSSR count). The van der Waals surface area contributed by atoms with E-state index in [2.05, 4.69) is 77.1 Å². The average molecular weight is 548 g/mol. The molecule has 1 N–H and O–H groups in total. The van der Waals surface area contributed by atoms with Gasteiger partial charge in [-0.3, -0.25) is 0 Å². The molecular weight excluding hydrogens is 506 g/mol. The Bertz CT molecular complexity index is 1630. The van der Waals surface area contributed by atoms with Crippen molar-refractivity contribution in [2.75, 3.05) is 7.11 Å². The molecule has 0 bridgehead atoms. The van der Waals surface area contributed by atoms with Crippen molar-refractivity contribution in [1.82, 2.24) is 15.0 Å². The average Bonchev–Trinajstić information content (AvgIpc) is 3.41. The van der Waals surface area contributed by atoms with E-state index in [-0.39, 0.29) is 11.2 Å². The summed E-state index contributed by atoms with van der Waals surface area (Å²) in [7, 11) is 1.67. The molecule has 0 aliphatic heterocycles. The van der Waals surface area contributed by atoms with Crippen LogP contribution in [0.4, 0.5) is 0 Å². The Kier molecular flexibility index (Phi) is 7.90. The number of phenols is 1.